The lowest BCUT2D eigenvalue weighted by Crippen LogP contribution is -2.43. The molecular formula is C26H40N2O3. The third kappa shape index (κ3) is 10.0. The van der Waals surface area contributed by atoms with Crippen LogP contribution in [0.4, 0.5) is 0 Å². The molecule has 0 aromatic rings. The van der Waals surface area contributed by atoms with E-state index in [1.165, 1.54) is 4.90 Å². The molecule has 0 aromatic heterocycles. The van der Waals surface area contributed by atoms with Crippen molar-refractivity contribution < 1.29 is 14.4 Å². The van der Waals surface area contributed by atoms with E-state index in [4.69, 9.17) is 6.42 Å². The highest BCUT2D eigenvalue weighted by Crippen LogP contribution is 2.27. The molecule has 1 rings (SSSR count). The molecule has 0 spiro atoms. The molecule has 5 nitrogen and oxygen atoms in total. The van der Waals surface area contributed by atoms with E-state index in [0.717, 1.165) is 76.2 Å². The molecule has 0 saturated heterocycles. The predicted molar refractivity (Wildman–Crippen MR) is 126 cm³/mol. The first kappa shape index (κ1) is 26.7. The van der Waals surface area contributed by atoms with Crippen molar-refractivity contribution in [1.82, 2.24) is 10.2 Å². The van der Waals surface area contributed by atoms with Crippen LogP contribution in [0, 0.1) is 18.3 Å². The highest BCUT2D eigenvalue weighted by Gasteiger charge is 2.36. The maximum Gasteiger partial charge on any atom is 0.253 e. The average molecular weight is 429 g/mol. The Kier molecular flexibility index (Phi) is 13.3. The topological polar surface area (TPSA) is 66.5 Å². The zero-order chi connectivity index (χ0) is 23.1. The van der Waals surface area contributed by atoms with Crippen LogP contribution in [0.25, 0.3) is 0 Å². The van der Waals surface area contributed by atoms with Crippen LogP contribution in [0.1, 0.15) is 90.9 Å². The fraction of sp³-hybridized carbons (Fsp3) is 0.654. The number of hydrogen-bond donors (Lipinski definition) is 1. The van der Waals surface area contributed by atoms with Crippen molar-refractivity contribution in [3.05, 3.63) is 24.3 Å². The second-order valence-electron chi connectivity index (χ2n) is 8.54. The smallest absolute Gasteiger partial charge is 0.253 e. The summed E-state index contributed by atoms with van der Waals surface area (Å²) in [5.74, 6) is 2.24. The van der Waals surface area contributed by atoms with Crippen LogP contribution in [-0.4, -0.2) is 35.2 Å². The Morgan fingerprint density at radius 1 is 1.23 bits per heavy atom. The molecule has 0 saturated carbocycles. The molecule has 3 amide bonds. The normalized spacial score (nSPS) is 16.5. The first-order valence-electron chi connectivity index (χ1n) is 11.8. The minimum Gasteiger partial charge on any atom is -0.356 e. The number of carbonyl (C=O) groups excluding carboxylic acids is 3. The zero-order valence-corrected chi connectivity index (χ0v) is 19.5. The minimum atomic E-state index is -0.201. The van der Waals surface area contributed by atoms with Crippen molar-refractivity contribution in [3.63, 3.8) is 0 Å². The van der Waals surface area contributed by atoms with Crippen molar-refractivity contribution in [3.8, 4) is 12.3 Å². The van der Waals surface area contributed by atoms with E-state index in [2.05, 4.69) is 17.8 Å². The number of imide groups is 1. The second-order valence-corrected chi connectivity index (χ2v) is 8.54. The van der Waals surface area contributed by atoms with Gasteiger partial charge in [-0.3, -0.25) is 19.3 Å². The number of carbonyl (C=O) groups is 3. The molecule has 0 aliphatic carbocycles. The van der Waals surface area contributed by atoms with Crippen molar-refractivity contribution in [2.45, 2.75) is 96.9 Å². The standard InChI is InChI=1S/C26H40N2O3/c1-5-7-9-11-13-18-24(29)27-19-15-14-17-23-22(4)20-25(30)28(23)26(31)21(3)16-12-10-8-6-2/h2,5,20-21,23H,1,7-19H2,3-4H3,(H,27,29)/t21-,23+/m1/s1. The third-order valence-corrected chi connectivity index (χ3v) is 5.83. The number of terminal acetylenes is 1. The molecule has 172 valence electrons. The highest BCUT2D eigenvalue weighted by molar-refractivity contribution is 6.04. The molecule has 1 aliphatic rings. The largest absolute Gasteiger partial charge is 0.356 e. The number of hydrogen-bond acceptors (Lipinski definition) is 3. The fourth-order valence-electron chi connectivity index (χ4n) is 3.91. The van der Waals surface area contributed by atoms with Crippen LogP contribution < -0.4 is 5.32 Å². The highest BCUT2D eigenvalue weighted by atomic mass is 16.2. The van der Waals surface area contributed by atoms with Gasteiger partial charge in [-0.05, 0) is 63.9 Å². The maximum absolute atomic E-state index is 12.9. The molecule has 2 atom stereocenters. The van der Waals surface area contributed by atoms with E-state index in [9.17, 15) is 14.4 Å². The summed E-state index contributed by atoms with van der Waals surface area (Å²) in [7, 11) is 0. The number of allylic oxidation sites excluding steroid dienone is 1. The van der Waals surface area contributed by atoms with Crippen LogP contribution in [0.5, 0.6) is 0 Å². The van der Waals surface area contributed by atoms with Crippen molar-refractivity contribution in [2.24, 2.45) is 5.92 Å². The van der Waals surface area contributed by atoms with E-state index in [1.54, 1.807) is 6.08 Å². The predicted octanol–water partition coefficient (Wildman–Crippen LogP) is 4.92. The van der Waals surface area contributed by atoms with E-state index in [1.807, 2.05) is 19.9 Å². The van der Waals surface area contributed by atoms with Gasteiger partial charge in [0.05, 0.1) is 6.04 Å². The summed E-state index contributed by atoms with van der Waals surface area (Å²) in [5, 5.41) is 2.97. The van der Waals surface area contributed by atoms with Crippen LogP contribution in [-0.2, 0) is 14.4 Å². The number of nitrogens with zero attached hydrogens (tertiary/aromatic N) is 1. The molecule has 0 bridgehead atoms. The summed E-state index contributed by atoms with van der Waals surface area (Å²) in [4.78, 5) is 38.6. The minimum absolute atomic E-state index is 0.0893. The first-order valence-corrected chi connectivity index (χ1v) is 11.8. The van der Waals surface area contributed by atoms with Crippen LogP contribution in [0.3, 0.4) is 0 Å². The lowest BCUT2D eigenvalue weighted by Gasteiger charge is -2.27. The summed E-state index contributed by atoms with van der Waals surface area (Å²) in [6.07, 6.45) is 19.1. The lowest BCUT2D eigenvalue weighted by molar-refractivity contribution is -0.145. The Morgan fingerprint density at radius 2 is 2.00 bits per heavy atom. The Hall–Kier alpha value is -2.35. The summed E-state index contributed by atoms with van der Waals surface area (Å²) in [6, 6.07) is -0.159. The molecule has 5 heteroatoms. The van der Waals surface area contributed by atoms with Gasteiger partial charge in [-0.1, -0.05) is 25.8 Å². The Bertz CT molecular complexity index is 675. The van der Waals surface area contributed by atoms with Gasteiger partial charge in [0.25, 0.3) is 5.91 Å². The van der Waals surface area contributed by atoms with Crippen molar-refractivity contribution >= 4 is 17.7 Å². The van der Waals surface area contributed by atoms with E-state index >= 15 is 0 Å². The number of amides is 3. The molecular weight excluding hydrogens is 388 g/mol. The molecule has 0 fully saturated rings. The van der Waals surface area contributed by atoms with E-state index in [-0.39, 0.29) is 29.7 Å². The Labute approximate surface area is 188 Å². The lowest BCUT2D eigenvalue weighted by atomic mass is 9.99. The van der Waals surface area contributed by atoms with E-state index in [0.29, 0.717) is 13.0 Å². The van der Waals surface area contributed by atoms with Gasteiger partial charge in [0.2, 0.25) is 11.8 Å². The average Bonchev–Trinajstić information content (AvgIpc) is 3.02. The first-order chi connectivity index (χ1) is 14.9. The number of nitrogens with one attached hydrogen (secondary N) is 1. The second kappa shape index (κ2) is 15.5. The van der Waals surface area contributed by atoms with Gasteiger partial charge >= 0.3 is 0 Å². The quantitative estimate of drug-likeness (QED) is 0.215. The molecule has 1 aliphatic heterocycles. The van der Waals surface area contributed by atoms with Gasteiger partial charge in [-0.2, -0.15) is 0 Å². The van der Waals surface area contributed by atoms with Gasteiger partial charge in [0.15, 0.2) is 0 Å². The van der Waals surface area contributed by atoms with Gasteiger partial charge in [0, 0.05) is 31.4 Å². The molecule has 0 radical (unpaired) electrons. The molecule has 1 heterocycles. The van der Waals surface area contributed by atoms with Gasteiger partial charge in [-0.15, -0.1) is 18.9 Å². The number of rotatable bonds is 16. The van der Waals surface area contributed by atoms with Crippen molar-refractivity contribution in [1.29, 1.82) is 0 Å². The maximum atomic E-state index is 12.9. The monoisotopic (exact) mass is 428 g/mol. The van der Waals surface area contributed by atoms with E-state index < -0.39 is 0 Å². The molecule has 31 heavy (non-hydrogen) atoms. The molecule has 0 unspecified atom stereocenters. The zero-order valence-electron chi connectivity index (χ0n) is 19.5. The summed E-state index contributed by atoms with van der Waals surface area (Å²) < 4.78 is 0. The van der Waals surface area contributed by atoms with Crippen LogP contribution in [0.15, 0.2) is 24.3 Å². The third-order valence-electron chi connectivity index (χ3n) is 5.83. The van der Waals surface area contributed by atoms with Crippen LogP contribution in [0.2, 0.25) is 0 Å². The fourth-order valence-corrected chi connectivity index (χ4v) is 3.91. The Balaban J connectivity index is 2.34. The van der Waals surface area contributed by atoms with Crippen LogP contribution >= 0.6 is 0 Å². The SMILES string of the molecule is C#CCCCC[C@@H](C)C(=O)N1C(=O)C=C(C)[C@@H]1CCCCNC(=O)CCCCCC=C. The summed E-state index contributed by atoms with van der Waals surface area (Å²) in [6.45, 7) is 8.14. The Morgan fingerprint density at radius 3 is 2.71 bits per heavy atom. The van der Waals surface area contributed by atoms with Gasteiger partial charge in [-0.25, -0.2) is 0 Å². The molecule has 0 aromatic carbocycles. The van der Waals surface area contributed by atoms with Gasteiger partial charge in [0.1, 0.15) is 0 Å². The number of unbranched alkanes of at least 4 members (excludes halogenated alkanes) is 6. The van der Waals surface area contributed by atoms with Gasteiger partial charge < -0.3 is 5.32 Å². The molecule has 1 N–H and O–H groups in total. The van der Waals surface area contributed by atoms with Crippen molar-refractivity contribution in [2.75, 3.05) is 6.54 Å². The summed E-state index contributed by atoms with van der Waals surface area (Å²) in [5.41, 5.74) is 0.946. The summed E-state index contributed by atoms with van der Waals surface area (Å²) >= 11 is 0.